The number of hydrogen-bond donors (Lipinski definition) is 0. The fourth-order valence-electron chi connectivity index (χ4n) is 2.28. The first-order valence-electron chi connectivity index (χ1n) is 6.00. The lowest BCUT2D eigenvalue weighted by Crippen LogP contribution is -2.31. The van der Waals surface area contributed by atoms with Crippen molar-refractivity contribution in [3.63, 3.8) is 0 Å². The molecule has 0 N–H and O–H groups in total. The molecule has 0 bridgehead atoms. The van der Waals surface area contributed by atoms with Crippen LogP contribution in [0.2, 0.25) is 0 Å². The van der Waals surface area contributed by atoms with Crippen LogP contribution in [0, 0.1) is 25.2 Å². The number of ether oxygens (including phenoxy) is 1. The molecule has 1 aromatic rings. The van der Waals surface area contributed by atoms with Gasteiger partial charge < -0.3 is 4.74 Å². The third-order valence-electron chi connectivity index (χ3n) is 3.45. The van der Waals surface area contributed by atoms with Crippen molar-refractivity contribution in [1.82, 2.24) is 9.78 Å². The molecule has 2 rings (SSSR count). The molecule has 1 fully saturated rings. The molecule has 5 nitrogen and oxygen atoms in total. The van der Waals surface area contributed by atoms with Gasteiger partial charge in [0.15, 0.2) is 0 Å². The Morgan fingerprint density at radius 2 is 2.17 bits per heavy atom. The van der Waals surface area contributed by atoms with E-state index in [1.165, 1.54) is 4.68 Å². The van der Waals surface area contributed by atoms with Gasteiger partial charge in [-0.05, 0) is 33.3 Å². The Labute approximate surface area is 106 Å². The largest absolute Gasteiger partial charge is 0.373 e. The Balaban J connectivity index is 2.51. The van der Waals surface area contributed by atoms with Crippen molar-refractivity contribution >= 4 is 0 Å². The highest BCUT2D eigenvalue weighted by molar-refractivity contribution is 5.36. The lowest BCUT2D eigenvalue weighted by Gasteiger charge is -2.16. The SMILES string of the molecule is Cc1nn(C2COC(C)(C)C2)c(=O)c(C#N)c1C. The molecule has 0 radical (unpaired) electrons. The van der Waals surface area contributed by atoms with Crippen molar-refractivity contribution in [3.8, 4) is 6.07 Å². The zero-order valence-electron chi connectivity index (χ0n) is 11.1. The van der Waals surface area contributed by atoms with Gasteiger partial charge in [0.1, 0.15) is 11.6 Å². The Morgan fingerprint density at radius 1 is 1.50 bits per heavy atom. The zero-order valence-corrected chi connectivity index (χ0v) is 11.1. The minimum absolute atomic E-state index is 0.0844. The van der Waals surface area contributed by atoms with Crippen LogP contribution in [-0.4, -0.2) is 22.0 Å². The maximum absolute atomic E-state index is 12.2. The van der Waals surface area contributed by atoms with Crippen molar-refractivity contribution in [1.29, 1.82) is 5.26 Å². The second kappa shape index (κ2) is 4.21. The van der Waals surface area contributed by atoms with E-state index in [0.29, 0.717) is 12.2 Å². The molecule has 0 aliphatic carbocycles. The van der Waals surface area contributed by atoms with E-state index in [1.54, 1.807) is 6.92 Å². The predicted octanol–water partition coefficient (Wildman–Crippen LogP) is 1.47. The first kappa shape index (κ1) is 12.8. The average Bonchev–Trinajstić information content (AvgIpc) is 2.65. The van der Waals surface area contributed by atoms with E-state index in [-0.39, 0.29) is 22.8 Å². The maximum atomic E-state index is 12.2. The molecule has 0 aromatic carbocycles. The monoisotopic (exact) mass is 247 g/mol. The molecule has 1 saturated heterocycles. The number of hydrogen-bond acceptors (Lipinski definition) is 4. The van der Waals surface area contributed by atoms with E-state index < -0.39 is 0 Å². The van der Waals surface area contributed by atoms with E-state index in [0.717, 1.165) is 12.1 Å². The summed E-state index contributed by atoms with van der Waals surface area (Å²) in [5, 5.41) is 13.4. The molecule has 5 heteroatoms. The lowest BCUT2D eigenvalue weighted by molar-refractivity contribution is 0.0349. The van der Waals surface area contributed by atoms with Crippen LogP contribution in [0.25, 0.3) is 0 Å². The van der Waals surface area contributed by atoms with Crippen LogP contribution >= 0.6 is 0 Å². The minimum Gasteiger partial charge on any atom is -0.373 e. The third-order valence-corrected chi connectivity index (χ3v) is 3.45. The van der Waals surface area contributed by atoms with Crippen molar-refractivity contribution < 1.29 is 4.74 Å². The summed E-state index contributed by atoms with van der Waals surface area (Å²) in [7, 11) is 0. The van der Waals surface area contributed by atoms with Gasteiger partial charge in [-0.2, -0.15) is 10.4 Å². The van der Waals surface area contributed by atoms with Crippen LogP contribution < -0.4 is 5.56 Å². The minimum atomic E-state index is -0.313. The van der Waals surface area contributed by atoms with Gasteiger partial charge in [-0.1, -0.05) is 0 Å². The lowest BCUT2D eigenvalue weighted by atomic mass is 10.0. The molecule has 0 amide bonds. The zero-order chi connectivity index (χ0) is 13.5. The number of aryl methyl sites for hydroxylation is 1. The quantitative estimate of drug-likeness (QED) is 0.753. The molecule has 1 aliphatic heterocycles. The Kier molecular flexibility index (Phi) is 2.99. The van der Waals surface area contributed by atoms with Crippen molar-refractivity contribution in [2.24, 2.45) is 0 Å². The van der Waals surface area contributed by atoms with Gasteiger partial charge in [0.2, 0.25) is 0 Å². The summed E-state index contributed by atoms with van der Waals surface area (Å²) in [6.07, 6.45) is 0.729. The third kappa shape index (κ3) is 2.04. The Hall–Kier alpha value is -1.67. The van der Waals surface area contributed by atoms with Crippen LogP contribution in [0.4, 0.5) is 0 Å². The van der Waals surface area contributed by atoms with Crippen LogP contribution in [0.15, 0.2) is 4.79 Å². The van der Waals surface area contributed by atoms with E-state index in [9.17, 15) is 4.79 Å². The first-order chi connectivity index (χ1) is 8.35. The summed E-state index contributed by atoms with van der Waals surface area (Å²) in [5.41, 5.74) is 1.02. The van der Waals surface area contributed by atoms with Crippen LogP contribution in [-0.2, 0) is 4.74 Å². The second-order valence-corrected chi connectivity index (χ2v) is 5.38. The predicted molar refractivity (Wildman–Crippen MR) is 66.4 cm³/mol. The molecule has 0 spiro atoms. The van der Waals surface area contributed by atoms with Gasteiger partial charge in [-0.25, -0.2) is 4.68 Å². The van der Waals surface area contributed by atoms with Gasteiger partial charge in [0.05, 0.1) is 23.9 Å². The summed E-state index contributed by atoms with van der Waals surface area (Å²) < 4.78 is 7.04. The highest BCUT2D eigenvalue weighted by atomic mass is 16.5. The van der Waals surface area contributed by atoms with Crippen LogP contribution in [0.5, 0.6) is 0 Å². The fourth-order valence-corrected chi connectivity index (χ4v) is 2.28. The van der Waals surface area contributed by atoms with Crippen LogP contribution in [0.1, 0.15) is 43.1 Å². The van der Waals surface area contributed by atoms with E-state index in [4.69, 9.17) is 10.00 Å². The normalized spacial score (nSPS) is 21.8. The van der Waals surface area contributed by atoms with E-state index >= 15 is 0 Å². The van der Waals surface area contributed by atoms with Gasteiger partial charge in [0, 0.05) is 6.42 Å². The van der Waals surface area contributed by atoms with Crippen molar-refractivity contribution in [3.05, 3.63) is 27.2 Å². The van der Waals surface area contributed by atoms with Gasteiger partial charge in [0.25, 0.3) is 5.56 Å². The molecular formula is C13H17N3O2. The molecule has 1 unspecified atom stereocenters. The highest BCUT2D eigenvalue weighted by Gasteiger charge is 2.34. The average molecular weight is 247 g/mol. The molecule has 1 atom stereocenters. The first-order valence-corrected chi connectivity index (χ1v) is 6.00. The van der Waals surface area contributed by atoms with Gasteiger partial charge >= 0.3 is 0 Å². The number of aromatic nitrogens is 2. The van der Waals surface area contributed by atoms with Gasteiger partial charge in [-0.15, -0.1) is 0 Å². The summed E-state index contributed by atoms with van der Waals surface area (Å²) in [6, 6.07) is 1.89. The maximum Gasteiger partial charge on any atom is 0.285 e. The number of nitriles is 1. The van der Waals surface area contributed by atoms with Crippen molar-refractivity contribution in [2.75, 3.05) is 6.61 Å². The highest BCUT2D eigenvalue weighted by Crippen LogP contribution is 2.31. The molecule has 2 heterocycles. The van der Waals surface area contributed by atoms with Crippen molar-refractivity contribution in [2.45, 2.75) is 45.8 Å². The Bertz CT molecular complexity index is 581. The second-order valence-electron chi connectivity index (χ2n) is 5.38. The summed E-state index contributed by atoms with van der Waals surface area (Å²) in [4.78, 5) is 12.2. The number of rotatable bonds is 1. The topological polar surface area (TPSA) is 67.9 Å². The smallest absolute Gasteiger partial charge is 0.285 e. The number of nitrogens with zero attached hydrogens (tertiary/aromatic N) is 3. The molecule has 0 saturated carbocycles. The Morgan fingerprint density at radius 3 is 2.67 bits per heavy atom. The van der Waals surface area contributed by atoms with E-state index in [1.807, 2.05) is 26.8 Å². The fraction of sp³-hybridized carbons (Fsp3) is 0.615. The molecule has 96 valence electrons. The summed E-state index contributed by atoms with van der Waals surface area (Å²) in [6.45, 7) is 8.01. The molecular weight excluding hydrogens is 230 g/mol. The van der Waals surface area contributed by atoms with Gasteiger partial charge in [-0.3, -0.25) is 4.79 Å². The standard InChI is InChI=1S/C13H17N3O2/c1-8-9(2)15-16(12(17)11(8)6-14)10-5-13(3,4)18-7-10/h10H,5,7H2,1-4H3. The molecule has 1 aromatic heterocycles. The van der Waals surface area contributed by atoms with Crippen LogP contribution in [0.3, 0.4) is 0 Å². The summed E-state index contributed by atoms with van der Waals surface area (Å²) in [5.74, 6) is 0. The molecule has 1 aliphatic rings. The molecule has 18 heavy (non-hydrogen) atoms. The van der Waals surface area contributed by atoms with E-state index in [2.05, 4.69) is 5.10 Å². The summed E-state index contributed by atoms with van der Waals surface area (Å²) >= 11 is 0.